The second kappa shape index (κ2) is 4.08. The van der Waals surface area contributed by atoms with Crippen LogP contribution >= 0.6 is 0 Å². The maximum Gasteiger partial charge on any atom is 0.390 e. The highest BCUT2D eigenvalue weighted by atomic mass is 19.4. The quantitative estimate of drug-likeness (QED) is 0.732. The van der Waals surface area contributed by atoms with Crippen molar-refractivity contribution in [3.05, 3.63) is 0 Å². The maximum atomic E-state index is 11.9. The monoisotopic (exact) mass is 224 g/mol. The summed E-state index contributed by atoms with van der Waals surface area (Å²) in [6, 6.07) is -0.737. The van der Waals surface area contributed by atoms with Crippen molar-refractivity contribution in [2.24, 2.45) is 0 Å². The van der Waals surface area contributed by atoms with Crippen LogP contribution in [-0.2, 0) is 9.59 Å². The molecule has 0 aromatic carbocycles. The largest absolute Gasteiger partial charge is 0.390 e. The predicted molar refractivity (Wildman–Crippen MR) is 44.9 cm³/mol. The molecule has 1 heterocycles. The Hall–Kier alpha value is -1.27. The van der Waals surface area contributed by atoms with E-state index < -0.39 is 37.0 Å². The SMILES string of the molecule is CC1NC(=O)CN(CCC(F)(F)F)C1=O. The Morgan fingerprint density at radius 3 is 2.60 bits per heavy atom. The average molecular weight is 224 g/mol. The number of nitrogens with zero attached hydrogens (tertiary/aromatic N) is 1. The summed E-state index contributed by atoms with van der Waals surface area (Å²) in [6.07, 6.45) is -5.39. The lowest BCUT2D eigenvalue weighted by molar-refractivity contribution is -0.152. The van der Waals surface area contributed by atoms with E-state index in [1.807, 2.05) is 0 Å². The van der Waals surface area contributed by atoms with Crippen LogP contribution in [0.2, 0.25) is 0 Å². The van der Waals surface area contributed by atoms with Gasteiger partial charge in [-0.25, -0.2) is 0 Å². The van der Waals surface area contributed by atoms with Crippen LogP contribution in [0.5, 0.6) is 0 Å². The summed E-state index contributed by atoms with van der Waals surface area (Å²) in [5, 5.41) is 2.34. The highest BCUT2D eigenvalue weighted by Crippen LogP contribution is 2.20. The molecule has 2 amide bonds. The highest BCUT2D eigenvalue weighted by molar-refractivity contribution is 5.94. The summed E-state index contributed by atoms with van der Waals surface area (Å²) in [7, 11) is 0. The van der Waals surface area contributed by atoms with Gasteiger partial charge in [0.2, 0.25) is 11.8 Å². The first-order valence-electron chi connectivity index (χ1n) is 4.44. The third kappa shape index (κ3) is 3.41. The van der Waals surface area contributed by atoms with Crippen molar-refractivity contribution in [3.63, 3.8) is 0 Å². The summed E-state index contributed by atoms with van der Waals surface area (Å²) < 4.78 is 35.7. The van der Waals surface area contributed by atoms with Crippen LogP contribution in [-0.4, -0.2) is 42.0 Å². The number of piperazine rings is 1. The summed E-state index contributed by atoms with van der Waals surface area (Å²) in [5.41, 5.74) is 0. The van der Waals surface area contributed by atoms with Crippen LogP contribution in [0.4, 0.5) is 13.2 Å². The lowest BCUT2D eigenvalue weighted by atomic mass is 10.2. The zero-order chi connectivity index (χ0) is 11.6. The number of hydrogen-bond acceptors (Lipinski definition) is 2. The molecule has 1 fully saturated rings. The molecule has 0 radical (unpaired) electrons. The summed E-state index contributed by atoms with van der Waals surface area (Å²) in [6.45, 7) is 0.694. The van der Waals surface area contributed by atoms with E-state index in [1.165, 1.54) is 6.92 Å². The van der Waals surface area contributed by atoms with Gasteiger partial charge in [-0.2, -0.15) is 13.2 Å². The van der Waals surface area contributed by atoms with Gasteiger partial charge in [0.1, 0.15) is 6.04 Å². The van der Waals surface area contributed by atoms with Crippen LogP contribution in [0.3, 0.4) is 0 Å². The summed E-state index contributed by atoms with van der Waals surface area (Å²) in [4.78, 5) is 23.2. The molecule has 1 saturated heterocycles. The molecule has 7 heteroatoms. The van der Waals surface area contributed by atoms with Gasteiger partial charge < -0.3 is 10.2 Å². The Labute approximate surface area is 84.4 Å². The van der Waals surface area contributed by atoms with Gasteiger partial charge >= 0.3 is 6.18 Å². The minimum atomic E-state index is -4.31. The molecular weight excluding hydrogens is 213 g/mol. The van der Waals surface area contributed by atoms with E-state index in [2.05, 4.69) is 5.32 Å². The smallest absolute Gasteiger partial charge is 0.343 e. The van der Waals surface area contributed by atoms with Gasteiger partial charge in [0.05, 0.1) is 13.0 Å². The molecular formula is C8H11F3N2O2. The van der Waals surface area contributed by atoms with Crippen molar-refractivity contribution < 1.29 is 22.8 Å². The fourth-order valence-electron chi connectivity index (χ4n) is 1.32. The Balaban J connectivity index is 2.53. The minimum Gasteiger partial charge on any atom is -0.343 e. The van der Waals surface area contributed by atoms with E-state index >= 15 is 0 Å². The number of alkyl halides is 3. The highest BCUT2D eigenvalue weighted by Gasteiger charge is 2.33. The Morgan fingerprint density at radius 1 is 1.47 bits per heavy atom. The van der Waals surface area contributed by atoms with Crippen molar-refractivity contribution in [2.75, 3.05) is 13.1 Å². The van der Waals surface area contributed by atoms with E-state index in [0.29, 0.717) is 0 Å². The van der Waals surface area contributed by atoms with Crippen molar-refractivity contribution in [1.82, 2.24) is 10.2 Å². The normalized spacial score (nSPS) is 22.9. The Morgan fingerprint density at radius 2 is 2.07 bits per heavy atom. The minimum absolute atomic E-state index is 0.292. The van der Waals surface area contributed by atoms with E-state index in [4.69, 9.17) is 0 Å². The molecule has 0 saturated carbocycles. The zero-order valence-electron chi connectivity index (χ0n) is 8.10. The molecule has 0 aromatic rings. The molecule has 0 bridgehead atoms. The standard InChI is InChI=1S/C8H11F3N2O2/c1-5-7(15)13(4-6(14)12-5)3-2-8(9,10)11/h5H,2-4H2,1H3,(H,12,14). The fraction of sp³-hybridized carbons (Fsp3) is 0.750. The average Bonchev–Trinajstić information content (AvgIpc) is 2.07. The molecule has 15 heavy (non-hydrogen) atoms. The second-order valence-corrected chi connectivity index (χ2v) is 3.41. The van der Waals surface area contributed by atoms with Gasteiger partial charge in [-0.05, 0) is 6.92 Å². The van der Waals surface area contributed by atoms with Crippen LogP contribution in [0.25, 0.3) is 0 Å². The fourth-order valence-corrected chi connectivity index (χ4v) is 1.32. The van der Waals surface area contributed by atoms with Gasteiger partial charge in [0, 0.05) is 6.54 Å². The van der Waals surface area contributed by atoms with Crippen molar-refractivity contribution in [3.8, 4) is 0 Å². The van der Waals surface area contributed by atoms with Crippen molar-refractivity contribution >= 4 is 11.8 Å². The van der Waals surface area contributed by atoms with Crippen molar-refractivity contribution in [1.29, 1.82) is 0 Å². The van der Waals surface area contributed by atoms with Crippen molar-refractivity contribution in [2.45, 2.75) is 25.6 Å². The summed E-state index contributed by atoms with van der Waals surface area (Å²) >= 11 is 0. The van der Waals surface area contributed by atoms with Crippen LogP contribution in [0, 0.1) is 0 Å². The lowest BCUT2D eigenvalue weighted by Gasteiger charge is -2.30. The van der Waals surface area contributed by atoms with Gasteiger partial charge in [-0.3, -0.25) is 9.59 Å². The molecule has 1 aliphatic heterocycles. The van der Waals surface area contributed by atoms with E-state index in [1.54, 1.807) is 0 Å². The van der Waals surface area contributed by atoms with Gasteiger partial charge in [-0.15, -0.1) is 0 Å². The zero-order valence-corrected chi connectivity index (χ0v) is 8.10. The topological polar surface area (TPSA) is 49.4 Å². The third-order valence-corrected chi connectivity index (χ3v) is 2.06. The first-order valence-corrected chi connectivity index (χ1v) is 4.44. The van der Waals surface area contributed by atoms with Gasteiger partial charge in [0.15, 0.2) is 0 Å². The molecule has 0 aliphatic carbocycles. The molecule has 0 aromatic heterocycles. The number of nitrogens with one attached hydrogen (secondary N) is 1. The lowest BCUT2D eigenvalue weighted by Crippen LogP contribution is -2.57. The second-order valence-electron chi connectivity index (χ2n) is 3.41. The van der Waals surface area contributed by atoms with Gasteiger partial charge in [0.25, 0.3) is 0 Å². The molecule has 1 rings (SSSR count). The third-order valence-electron chi connectivity index (χ3n) is 2.06. The molecule has 1 unspecified atom stereocenters. The van der Waals surface area contributed by atoms with Crippen LogP contribution in [0.1, 0.15) is 13.3 Å². The van der Waals surface area contributed by atoms with Gasteiger partial charge in [-0.1, -0.05) is 0 Å². The van der Waals surface area contributed by atoms with Crippen LogP contribution in [0.15, 0.2) is 0 Å². The molecule has 86 valence electrons. The number of amides is 2. The van der Waals surface area contributed by atoms with E-state index in [0.717, 1.165) is 4.90 Å². The number of halogens is 3. The number of hydrogen-bond donors (Lipinski definition) is 1. The Bertz CT molecular complexity index is 278. The summed E-state index contributed by atoms with van der Waals surface area (Å²) in [5.74, 6) is -0.900. The first kappa shape index (κ1) is 11.8. The molecule has 4 nitrogen and oxygen atoms in total. The first-order chi connectivity index (χ1) is 6.79. The molecule has 1 aliphatic rings. The van der Waals surface area contributed by atoms with Crippen LogP contribution < -0.4 is 5.32 Å². The molecule has 1 N–H and O–H groups in total. The predicted octanol–water partition coefficient (Wildman–Crippen LogP) is 0.286. The van der Waals surface area contributed by atoms with E-state index in [9.17, 15) is 22.8 Å². The number of rotatable bonds is 2. The molecule has 0 spiro atoms. The molecule has 1 atom stereocenters. The van der Waals surface area contributed by atoms with E-state index in [-0.39, 0.29) is 6.54 Å². The Kier molecular flexibility index (Phi) is 3.21. The maximum absolute atomic E-state index is 11.9. The number of carbonyl (C=O) groups is 2. The number of carbonyl (C=O) groups excluding carboxylic acids is 2.